The van der Waals surface area contributed by atoms with Gasteiger partial charge in [0.25, 0.3) is 0 Å². The number of imidazole rings is 1. The van der Waals surface area contributed by atoms with Crippen LogP contribution in [0.3, 0.4) is 0 Å². The minimum atomic E-state index is 0.196. The summed E-state index contributed by atoms with van der Waals surface area (Å²) in [6.07, 6.45) is 9.20. The molecule has 1 atom stereocenters. The van der Waals surface area contributed by atoms with Crippen LogP contribution in [0.15, 0.2) is 58.4 Å². The maximum Gasteiger partial charge on any atom is 0.191 e. The second-order valence-electron chi connectivity index (χ2n) is 7.37. The van der Waals surface area contributed by atoms with Crippen molar-refractivity contribution in [1.29, 1.82) is 0 Å². The van der Waals surface area contributed by atoms with E-state index in [0.717, 1.165) is 55.7 Å². The molecule has 4 heterocycles. The van der Waals surface area contributed by atoms with Crippen molar-refractivity contribution < 1.29 is 4.42 Å². The van der Waals surface area contributed by atoms with Crippen LogP contribution in [0.1, 0.15) is 37.3 Å². The highest BCUT2D eigenvalue weighted by atomic mass is 16.3. The fraction of sp³-hybridized carbons (Fsp3) is 0.455. The maximum absolute atomic E-state index is 5.71. The zero-order valence-electron chi connectivity index (χ0n) is 17.1. The SMILES string of the molecule is CCNC(=NCC(c1ccco1)N1CCCC1)NCCc1cn2ccccc2n1. The number of nitrogens with one attached hydrogen (secondary N) is 2. The fourth-order valence-corrected chi connectivity index (χ4v) is 3.86. The van der Waals surface area contributed by atoms with Crippen LogP contribution >= 0.6 is 0 Å². The van der Waals surface area contributed by atoms with Gasteiger partial charge in [0.1, 0.15) is 11.4 Å². The van der Waals surface area contributed by atoms with Crippen molar-refractivity contribution in [3.8, 4) is 0 Å². The van der Waals surface area contributed by atoms with Gasteiger partial charge in [0, 0.05) is 31.9 Å². The summed E-state index contributed by atoms with van der Waals surface area (Å²) in [5, 5.41) is 6.80. The molecule has 7 nitrogen and oxygen atoms in total. The number of fused-ring (bicyclic) bond motifs is 1. The van der Waals surface area contributed by atoms with Crippen molar-refractivity contribution in [2.75, 3.05) is 32.7 Å². The Kier molecular flexibility index (Phi) is 6.46. The van der Waals surface area contributed by atoms with Crippen molar-refractivity contribution in [3.05, 3.63) is 60.4 Å². The number of aromatic nitrogens is 2. The summed E-state index contributed by atoms with van der Waals surface area (Å²) < 4.78 is 7.76. The highest BCUT2D eigenvalue weighted by Gasteiger charge is 2.25. The van der Waals surface area contributed by atoms with Gasteiger partial charge in [-0.05, 0) is 57.1 Å². The molecule has 1 aliphatic heterocycles. The van der Waals surface area contributed by atoms with E-state index >= 15 is 0 Å². The average molecular weight is 395 g/mol. The van der Waals surface area contributed by atoms with Gasteiger partial charge in [0.15, 0.2) is 5.96 Å². The highest BCUT2D eigenvalue weighted by Crippen LogP contribution is 2.25. The van der Waals surface area contributed by atoms with E-state index in [0.29, 0.717) is 6.54 Å². The molecule has 3 aromatic heterocycles. The Labute approximate surface area is 171 Å². The van der Waals surface area contributed by atoms with Crippen molar-refractivity contribution in [2.24, 2.45) is 4.99 Å². The molecule has 0 amide bonds. The molecule has 0 radical (unpaired) electrons. The number of hydrogen-bond acceptors (Lipinski definition) is 4. The molecule has 7 heteroatoms. The third-order valence-electron chi connectivity index (χ3n) is 5.31. The molecule has 2 N–H and O–H groups in total. The zero-order chi connectivity index (χ0) is 19.9. The Morgan fingerprint density at radius 3 is 2.86 bits per heavy atom. The van der Waals surface area contributed by atoms with Crippen LogP contribution in [0.5, 0.6) is 0 Å². The highest BCUT2D eigenvalue weighted by molar-refractivity contribution is 5.79. The molecule has 0 spiro atoms. The molecule has 29 heavy (non-hydrogen) atoms. The Hall–Kier alpha value is -2.80. The van der Waals surface area contributed by atoms with Gasteiger partial charge in [0.2, 0.25) is 0 Å². The first kappa shape index (κ1) is 19.5. The minimum absolute atomic E-state index is 0.196. The molecule has 0 aliphatic carbocycles. The lowest BCUT2D eigenvalue weighted by molar-refractivity contribution is 0.221. The first-order valence-corrected chi connectivity index (χ1v) is 10.6. The lowest BCUT2D eigenvalue weighted by atomic mass is 10.2. The minimum Gasteiger partial charge on any atom is -0.468 e. The lowest BCUT2D eigenvalue weighted by Gasteiger charge is -2.24. The second kappa shape index (κ2) is 9.60. The molecule has 0 bridgehead atoms. The Balaban J connectivity index is 1.37. The van der Waals surface area contributed by atoms with Gasteiger partial charge in [-0.15, -0.1) is 0 Å². The lowest BCUT2D eigenvalue weighted by Crippen LogP contribution is -2.39. The number of nitrogens with zero attached hydrogens (tertiary/aromatic N) is 4. The summed E-state index contributed by atoms with van der Waals surface area (Å²) in [6.45, 7) is 6.60. The van der Waals surface area contributed by atoms with E-state index in [-0.39, 0.29) is 6.04 Å². The normalized spacial score (nSPS) is 16.4. The summed E-state index contributed by atoms with van der Waals surface area (Å²) >= 11 is 0. The molecule has 0 aromatic carbocycles. The van der Waals surface area contributed by atoms with Crippen molar-refractivity contribution in [2.45, 2.75) is 32.2 Å². The number of guanidine groups is 1. The second-order valence-corrected chi connectivity index (χ2v) is 7.37. The van der Waals surface area contributed by atoms with Gasteiger partial charge in [-0.3, -0.25) is 9.89 Å². The molecular weight excluding hydrogens is 364 g/mol. The molecule has 1 fully saturated rings. The first-order valence-electron chi connectivity index (χ1n) is 10.6. The van der Waals surface area contributed by atoms with Crippen molar-refractivity contribution >= 4 is 11.6 Å². The monoisotopic (exact) mass is 394 g/mol. The molecule has 1 unspecified atom stereocenters. The predicted molar refractivity (Wildman–Crippen MR) is 115 cm³/mol. The number of pyridine rings is 1. The summed E-state index contributed by atoms with van der Waals surface area (Å²) in [6, 6.07) is 10.3. The van der Waals surface area contributed by atoms with Gasteiger partial charge in [0.05, 0.1) is 24.5 Å². The predicted octanol–water partition coefficient (Wildman–Crippen LogP) is 2.86. The van der Waals surface area contributed by atoms with Crippen LogP contribution in [0, 0.1) is 0 Å². The van der Waals surface area contributed by atoms with Crippen molar-refractivity contribution in [3.63, 3.8) is 0 Å². The Morgan fingerprint density at radius 2 is 2.10 bits per heavy atom. The average Bonchev–Trinajstić information content (AvgIpc) is 3.49. The number of likely N-dealkylation sites (tertiary alicyclic amines) is 1. The van der Waals surface area contributed by atoms with Crippen LogP contribution in [-0.4, -0.2) is 53.0 Å². The molecule has 4 rings (SSSR count). The summed E-state index contributed by atoms with van der Waals surface area (Å²) in [7, 11) is 0. The standard InChI is InChI=1S/C22H30N6O/c1-2-23-22(24-11-10-18-17-28-14-4-3-9-21(28)26-18)25-16-19(20-8-7-15-29-20)27-12-5-6-13-27/h3-4,7-9,14-15,17,19H,2,5-6,10-13,16H2,1H3,(H2,23,24,25). The summed E-state index contributed by atoms with van der Waals surface area (Å²) in [4.78, 5) is 12.0. The quantitative estimate of drug-likeness (QED) is 0.454. The topological polar surface area (TPSA) is 70.1 Å². The molecular formula is C22H30N6O. The van der Waals surface area contributed by atoms with Crippen LogP contribution in [0.2, 0.25) is 0 Å². The van der Waals surface area contributed by atoms with Crippen LogP contribution in [0.25, 0.3) is 5.65 Å². The number of rotatable bonds is 8. The number of aliphatic imine (C=N–C) groups is 1. The van der Waals surface area contributed by atoms with E-state index < -0.39 is 0 Å². The molecule has 0 saturated carbocycles. The summed E-state index contributed by atoms with van der Waals surface area (Å²) in [5.41, 5.74) is 2.06. The molecule has 3 aromatic rings. The van der Waals surface area contributed by atoms with E-state index in [1.165, 1.54) is 12.8 Å². The van der Waals surface area contributed by atoms with E-state index in [1.807, 2.05) is 30.5 Å². The van der Waals surface area contributed by atoms with Gasteiger partial charge < -0.3 is 19.5 Å². The molecule has 154 valence electrons. The van der Waals surface area contributed by atoms with Gasteiger partial charge >= 0.3 is 0 Å². The summed E-state index contributed by atoms with van der Waals surface area (Å²) in [5.74, 6) is 1.84. The van der Waals surface area contributed by atoms with Crippen molar-refractivity contribution in [1.82, 2.24) is 24.9 Å². The van der Waals surface area contributed by atoms with E-state index in [4.69, 9.17) is 9.41 Å². The van der Waals surface area contributed by atoms with Crippen LogP contribution in [-0.2, 0) is 6.42 Å². The molecule has 1 aliphatic rings. The Bertz CT molecular complexity index is 877. The number of hydrogen-bond donors (Lipinski definition) is 2. The largest absolute Gasteiger partial charge is 0.468 e. The molecule has 1 saturated heterocycles. The van der Waals surface area contributed by atoms with Gasteiger partial charge in [-0.1, -0.05) is 6.07 Å². The van der Waals surface area contributed by atoms with Crippen LogP contribution in [0.4, 0.5) is 0 Å². The maximum atomic E-state index is 5.71. The van der Waals surface area contributed by atoms with Gasteiger partial charge in [-0.2, -0.15) is 0 Å². The third-order valence-corrected chi connectivity index (χ3v) is 5.31. The number of furan rings is 1. The first-order chi connectivity index (χ1) is 14.3. The fourth-order valence-electron chi connectivity index (χ4n) is 3.86. The third kappa shape index (κ3) is 4.98. The van der Waals surface area contributed by atoms with Crippen LogP contribution < -0.4 is 10.6 Å². The Morgan fingerprint density at radius 1 is 1.21 bits per heavy atom. The van der Waals surface area contributed by atoms with E-state index in [2.05, 4.69) is 44.1 Å². The van der Waals surface area contributed by atoms with E-state index in [1.54, 1.807) is 6.26 Å². The van der Waals surface area contributed by atoms with Gasteiger partial charge in [-0.25, -0.2) is 4.98 Å². The zero-order valence-corrected chi connectivity index (χ0v) is 17.1. The van der Waals surface area contributed by atoms with E-state index in [9.17, 15) is 0 Å². The smallest absolute Gasteiger partial charge is 0.191 e.